The van der Waals surface area contributed by atoms with Gasteiger partial charge in [0.1, 0.15) is 23.2 Å². The number of aryl methyl sites for hydroxylation is 3. The number of hydrogen-bond donors (Lipinski definition) is 1. The van der Waals surface area contributed by atoms with Crippen LogP contribution in [0.3, 0.4) is 0 Å². The minimum absolute atomic E-state index is 0. The summed E-state index contributed by atoms with van der Waals surface area (Å²) < 4.78 is 5.86. The third-order valence-corrected chi connectivity index (χ3v) is 4.79. The molecule has 2 aromatic rings. The molecular formula is C16H21ClN2OS. The molecule has 0 bridgehead atoms. The van der Waals surface area contributed by atoms with E-state index in [1.54, 1.807) is 11.3 Å². The van der Waals surface area contributed by atoms with Crippen molar-refractivity contribution in [3.63, 3.8) is 0 Å². The predicted octanol–water partition coefficient (Wildman–Crippen LogP) is 4.51. The Labute approximate surface area is 136 Å². The minimum Gasteiger partial charge on any atom is -0.486 e. The van der Waals surface area contributed by atoms with Gasteiger partial charge in [-0.05, 0) is 56.4 Å². The molecular weight excluding hydrogens is 304 g/mol. The Balaban J connectivity index is 0.00000161. The van der Waals surface area contributed by atoms with Crippen molar-refractivity contribution in [2.75, 3.05) is 11.9 Å². The topological polar surface area (TPSA) is 34.1 Å². The van der Waals surface area contributed by atoms with Crippen molar-refractivity contribution in [3.05, 3.63) is 39.2 Å². The van der Waals surface area contributed by atoms with Crippen LogP contribution in [0.1, 0.15) is 33.9 Å². The van der Waals surface area contributed by atoms with Gasteiger partial charge in [0.05, 0.1) is 0 Å². The van der Waals surface area contributed by atoms with Gasteiger partial charge in [-0.2, -0.15) is 0 Å². The van der Waals surface area contributed by atoms with Crippen molar-refractivity contribution in [1.29, 1.82) is 0 Å². The van der Waals surface area contributed by atoms with Crippen LogP contribution in [0.25, 0.3) is 0 Å². The Morgan fingerprint density at radius 1 is 1.24 bits per heavy atom. The molecule has 0 saturated carbocycles. The summed E-state index contributed by atoms with van der Waals surface area (Å²) in [6.45, 7) is 5.82. The number of hydrogen-bond acceptors (Lipinski definition) is 4. The average Bonchev–Trinajstić information content (AvgIpc) is 2.70. The van der Waals surface area contributed by atoms with E-state index in [2.05, 4.69) is 36.3 Å². The molecule has 114 valence electrons. The molecule has 0 radical (unpaired) electrons. The highest BCUT2D eigenvalue weighted by Gasteiger charge is 2.13. The summed E-state index contributed by atoms with van der Waals surface area (Å²) in [5, 5.41) is 4.46. The van der Waals surface area contributed by atoms with Crippen LogP contribution in [-0.2, 0) is 13.0 Å². The molecule has 1 N–H and O–H groups in total. The van der Waals surface area contributed by atoms with E-state index < -0.39 is 0 Å². The summed E-state index contributed by atoms with van der Waals surface area (Å²) in [5.74, 6) is 2.00. The van der Waals surface area contributed by atoms with E-state index in [4.69, 9.17) is 4.74 Å². The largest absolute Gasteiger partial charge is 0.486 e. The van der Waals surface area contributed by atoms with Crippen molar-refractivity contribution in [1.82, 2.24) is 4.98 Å². The molecule has 2 heterocycles. The number of nitrogens with zero attached hydrogens (tertiary/aromatic N) is 1. The van der Waals surface area contributed by atoms with E-state index in [1.165, 1.54) is 28.8 Å². The first kappa shape index (κ1) is 16.1. The second-order valence-corrected chi connectivity index (χ2v) is 6.47. The number of benzene rings is 1. The van der Waals surface area contributed by atoms with E-state index in [9.17, 15) is 0 Å². The van der Waals surface area contributed by atoms with E-state index in [0.29, 0.717) is 6.61 Å². The van der Waals surface area contributed by atoms with Gasteiger partial charge in [0.15, 0.2) is 0 Å². The van der Waals surface area contributed by atoms with Crippen LogP contribution in [0.2, 0.25) is 0 Å². The van der Waals surface area contributed by atoms with Gasteiger partial charge in [0.25, 0.3) is 0 Å². The second kappa shape index (κ2) is 7.14. The molecule has 0 atom stereocenters. The lowest BCUT2D eigenvalue weighted by molar-refractivity contribution is 0.305. The highest BCUT2D eigenvalue weighted by atomic mass is 35.5. The van der Waals surface area contributed by atoms with Gasteiger partial charge in [-0.3, -0.25) is 0 Å². The molecule has 0 unspecified atom stereocenters. The molecule has 1 aromatic heterocycles. The molecule has 0 spiro atoms. The Bertz CT molecular complexity index is 589. The summed E-state index contributed by atoms with van der Waals surface area (Å²) in [5.41, 5.74) is 2.56. The molecule has 3 nitrogen and oxygen atoms in total. The zero-order valence-corrected chi connectivity index (χ0v) is 14.1. The number of nitrogens with one attached hydrogen (secondary N) is 1. The van der Waals surface area contributed by atoms with E-state index >= 15 is 0 Å². The Morgan fingerprint density at radius 2 is 2.10 bits per heavy atom. The summed E-state index contributed by atoms with van der Waals surface area (Å²) in [4.78, 5) is 6.02. The lowest BCUT2D eigenvalue weighted by atomic mass is 10.1. The number of aromatic nitrogens is 1. The highest BCUT2D eigenvalue weighted by molar-refractivity contribution is 7.12. The van der Waals surface area contributed by atoms with Crippen LogP contribution >= 0.6 is 23.7 Å². The molecule has 0 aliphatic carbocycles. The number of rotatable bonds is 3. The third kappa shape index (κ3) is 3.89. The Morgan fingerprint density at radius 3 is 2.90 bits per heavy atom. The molecule has 1 aromatic carbocycles. The standard InChI is InChI=1S/C16H20N2OS.ClH/c1-11-6-7-13(9-12(11)2)19-10-15-18-16-14(20-15)5-3-4-8-17-16;/h6-7,9,17H,3-5,8,10H2,1-2H3;1H. The van der Waals surface area contributed by atoms with Gasteiger partial charge in [-0.25, -0.2) is 4.98 Å². The van der Waals surface area contributed by atoms with Gasteiger partial charge < -0.3 is 10.1 Å². The van der Waals surface area contributed by atoms with Gasteiger partial charge in [-0.1, -0.05) is 6.07 Å². The molecule has 0 amide bonds. The second-order valence-electron chi connectivity index (χ2n) is 5.30. The van der Waals surface area contributed by atoms with Crippen LogP contribution < -0.4 is 10.1 Å². The van der Waals surface area contributed by atoms with Gasteiger partial charge in [-0.15, -0.1) is 23.7 Å². The lowest BCUT2D eigenvalue weighted by Gasteiger charge is -2.06. The smallest absolute Gasteiger partial charge is 0.140 e. The first-order valence-electron chi connectivity index (χ1n) is 7.15. The zero-order chi connectivity index (χ0) is 13.9. The SMILES string of the molecule is Cc1ccc(OCc2nc3c(s2)CCCCN3)cc1C.Cl. The normalized spacial score (nSPS) is 13.6. The molecule has 1 aliphatic heterocycles. The molecule has 5 heteroatoms. The number of anilines is 1. The fourth-order valence-electron chi connectivity index (χ4n) is 2.34. The minimum atomic E-state index is 0. The van der Waals surface area contributed by atoms with Crippen LogP contribution in [0.5, 0.6) is 5.75 Å². The van der Waals surface area contributed by atoms with Crippen molar-refractivity contribution >= 4 is 29.6 Å². The number of halogens is 1. The maximum atomic E-state index is 5.86. The van der Waals surface area contributed by atoms with E-state index in [-0.39, 0.29) is 12.4 Å². The first-order valence-corrected chi connectivity index (χ1v) is 7.96. The van der Waals surface area contributed by atoms with Crippen LogP contribution in [-0.4, -0.2) is 11.5 Å². The summed E-state index contributed by atoms with van der Waals surface area (Å²) in [6, 6.07) is 6.22. The first-order chi connectivity index (χ1) is 9.72. The van der Waals surface area contributed by atoms with Crippen molar-refractivity contribution in [3.8, 4) is 5.75 Å². The summed E-state index contributed by atoms with van der Waals surface area (Å²) >= 11 is 1.78. The fraction of sp³-hybridized carbons (Fsp3) is 0.438. The summed E-state index contributed by atoms with van der Waals surface area (Å²) in [6.07, 6.45) is 3.63. The number of fused-ring (bicyclic) bond motifs is 1. The monoisotopic (exact) mass is 324 g/mol. The highest BCUT2D eigenvalue weighted by Crippen LogP contribution is 2.28. The number of ether oxygens (including phenoxy) is 1. The third-order valence-electron chi connectivity index (χ3n) is 3.71. The maximum absolute atomic E-state index is 5.86. The van der Waals surface area contributed by atoms with Gasteiger partial charge in [0, 0.05) is 11.4 Å². The molecule has 3 rings (SSSR count). The van der Waals surface area contributed by atoms with Crippen molar-refractivity contribution < 1.29 is 4.74 Å². The lowest BCUT2D eigenvalue weighted by Crippen LogP contribution is -2.01. The Kier molecular flexibility index (Phi) is 5.48. The van der Waals surface area contributed by atoms with E-state index in [0.717, 1.165) is 29.5 Å². The molecule has 0 fully saturated rings. The average molecular weight is 325 g/mol. The van der Waals surface area contributed by atoms with Crippen molar-refractivity contribution in [2.45, 2.75) is 39.7 Å². The quantitative estimate of drug-likeness (QED) is 0.902. The van der Waals surface area contributed by atoms with Crippen LogP contribution in [0.15, 0.2) is 18.2 Å². The molecule has 0 saturated heterocycles. The van der Waals surface area contributed by atoms with Gasteiger partial charge in [0.2, 0.25) is 0 Å². The van der Waals surface area contributed by atoms with Gasteiger partial charge >= 0.3 is 0 Å². The zero-order valence-electron chi connectivity index (χ0n) is 12.4. The Hall–Kier alpha value is -1.26. The molecule has 1 aliphatic rings. The predicted molar refractivity (Wildman–Crippen MR) is 91.0 cm³/mol. The van der Waals surface area contributed by atoms with E-state index in [1.807, 2.05) is 6.07 Å². The summed E-state index contributed by atoms with van der Waals surface area (Å²) in [7, 11) is 0. The fourth-order valence-corrected chi connectivity index (χ4v) is 3.34. The molecule has 21 heavy (non-hydrogen) atoms. The van der Waals surface area contributed by atoms with Crippen LogP contribution in [0, 0.1) is 13.8 Å². The van der Waals surface area contributed by atoms with Crippen LogP contribution in [0.4, 0.5) is 5.82 Å². The number of thiazole rings is 1. The maximum Gasteiger partial charge on any atom is 0.140 e. The van der Waals surface area contributed by atoms with Crippen molar-refractivity contribution in [2.24, 2.45) is 0 Å².